The number of aliphatic hydroxyl groups excluding tert-OH is 1. The molecule has 2 N–H and O–H groups in total. The second-order valence-corrected chi connectivity index (χ2v) is 6.24. The third-order valence-electron chi connectivity index (χ3n) is 3.94. The lowest BCUT2D eigenvalue weighted by atomic mass is 10.1. The van der Waals surface area contributed by atoms with Crippen molar-refractivity contribution < 1.29 is 14.7 Å². The normalized spacial score (nSPS) is 15.3. The lowest BCUT2D eigenvalue weighted by Crippen LogP contribution is -2.41. The van der Waals surface area contributed by atoms with Gasteiger partial charge in [0.25, 0.3) is 5.91 Å². The number of benzene rings is 1. The molecule has 0 aliphatic heterocycles. The van der Waals surface area contributed by atoms with Gasteiger partial charge in [0.15, 0.2) is 0 Å². The van der Waals surface area contributed by atoms with Crippen LogP contribution in [0.1, 0.15) is 34.3 Å². The van der Waals surface area contributed by atoms with Crippen LogP contribution >= 0.6 is 0 Å². The van der Waals surface area contributed by atoms with Crippen LogP contribution in [0.5, 0.6) is 0 Å². The molecule has 1 aromatic carbocycles. The minimum absolute atomic E-state index is 0.0558. The molecule has 0 spiro atoms. The van der Waals surface area contributed by atoms with Crippen LogP contribution in [0.3, 0.4) is 0 Å². The van der Waals surface area contributed by atoms with E-state index in [9.17, 15) is 14.7 Å². The Balaban J connectivity index is 1.83. The van der Waals surface area contributed by atoms with E-state index in [2.05, 4.69) is 5.32 Å². The van der Waals surface area contributed by atoms with Gasteiger partial charge in [-0.05, 0) is 44.7 Å². The first kappa shape index (κ1) is 16.5. The van der Waals surface area contributed by atoms with Gasteiger partial charge in [-0.1, -0.05) is 17.2 Å². The predicted octanol–water partition coefficient (Wildman–Crippen LogP) is 1.26. The molecule has 1 atom stereocenters. The quantitative estimate of drug-likeness (QED) is 0.831. The molecule has 120 valence electrons. The minimum Gasteiger partial charge on any atom is -0.391 e. The van der Waals surface area contributed by atoms with Gasteiger partial charge in [0.2, 0.25) is 5.91 Å². The number of nitrogens with one attached hydrogen (secondary N) is 1. The molecule has 1 aliphatic rings. The molecule has 1 aromatic rings. The maximum atomic E-state index is 12.1. The van der Waals surface area contributed by atoms with E-state index in [1.165, 1.54) is 4.90 Å². The summed E-state index contributed by atoms with van der Waals surface area (Å²) in [5.74, 6) is -0.117. The molecule has 0 aromatic heterocycles. The number of hydrogen-bond donors (Lipinski definition) is 2. The van der Waals surface area contributed by atoms with Gasteiger partial charge in [-0.25, -0.2) is 0 Å². The molecule has 1 fully saturated rings. The summed E-state index contributed by atoms with van der Waals surface area (Å²) in [6.07, 6.45) is 1.61. The fourth-order valence-corrected chi connectivity index (χ4v) is 2.51. The topological polar surface area (TPSA) is 69.6 Å². The Morgan fingerprint density at radius 3 is 2.41 bits per heavy atom. The number of rotatable bonds is 6. The van der Waals surface area contributed by atoms with Crippen LogP contribution in [0, 0.1) is 19.8 Å². The second kappa shape index (κ2) is 6.92. The zero-order valence-electron chi connectivity index (χ0n) is 13.4. The fourth-order valence-electron chi connectivity index (χ4n) is 2.51. The monoisotopic (exact) mass is 304 g/mol. The average molecular weight is 304 g/mol. The molecule has 22 heavy (non-hydrogen) atoms. The van der Waals surface area contributed by atoms with Gasteiger partial charge >= 0.3 is 0 Å². The number of nitrogens with zero attached hydrogens (tertiary/aromatic N) is 1. The zero-order valence-corrected chi connectivity index (χ0v) is 13.4. The molecule has 1 saturated carbocycles. The highest BCUT2D eigenvalue weighted by Crippen LogP contribution is 2.32. The smallest absolute Gasteiger partial charge is 0.251 e. The SMILES string of the molecule is Cc1cc(C)cc(C(=O)NCC(=O)N(C)CC(O)C2CC2)c1. The van der Waals surface area contributed by atoms with Crippen molar-refractivity contribution in [1.29, 1.82) is 0 Å². The average Bonchev–Trinajstić information content (AvgIpc) is 3.27. The highest BCUT2D eigenvalue weighted by molar-refractivity contribution is 5.96. The van der Waals surface area contributed by atoms with Crippen molar-refractivity contribution >= 4 is 11.8 Å². The number of likely N-dealkylation sites (N-methyl/N-ethyl adjacent to an activating group) is 1. The number of carbonyl (C=O) groups excluding carboxylic acids is 2. The van der Waals surface area contributed by atoms with E-state index in [0.717, 1.165) is 24.0 Å². The summed E-state index contributed by atoms with van der Waals surface area (Å²) >= 11 is 0. The highest BCUT2D eigenvalue weighted by atomic mass is 16.3. The summed E-state index contributed by atoms with van der Waals surface area (Å²) in [4.78, 5) is 25.6. The number of aryl methyl sites for hydroxylation is 2. The summed E-state index contributed by atoms with van der Waals surface area (Å²) in [6, 6.07) is 5.59. The fraction of sp³-hybridized carbons (Fsp3) is 0.529. The van der Waals surface area contributed by atoms with Crippen LogP contribution in [-0.2, 0) is 4.79 Å². The lowest BCUT2D eigenvalue weighted by molar-refractivity contribution is -0.130. The van der Waals surface area contributed by atoms with Crippen molar-refractivity contribution in [2.75, 3.05) is 20.1 Å². The largest absolute Gasteiger partial charge is 0.391 e. The van der Waals surface area contributed by atoms with E-state index in [-0.39, 0.29) is 18.4 Å². The molecule has 0 bridgehead atoms. The van der Waals surface area contributed by atoms with E-state index in [1.807, 2.05) is 19.9 Å². The molecule has 5 nitrogen and oxygen atoms in total. The Hall–Kier alpha value is -1.88. The zero-order chi connectivity index (χ0) is 16.3. The summed E-state index contributed by atoms with van der Waals surface area (Å²) in [5, 5.41) is 12.5. The number of carbonyl (C=O) groups is 2. The van der Waals surface area contributed by atoms with E-state index in [1.54, 1.807) is 19.2 Å². The minimum atomic E-state index is -0.455. The Bertz CT molecular complexity index is 547. The Morgan fingerprint density at radius 2 is 1.86 bits per heavy atom. The molecule has 2 rings (SSSR count). The van der Waals surface area contributed by atoms with Crippen molar-refractivity contribution in [3.05, 3.63) is 34.9 Å². The molecular formula is C17H24N2O3. The van der Waals surface area contributed by atoms with Crippen LogP contribution in [0.4, 0.5) is 0 Å². The maximum Gasteiger partial charge on any atom is 0.251 e. The summed E-state index contributed by atoms with van der Waals surface area (Å²) in [5.41, 5.74) is 2.59. The molecule has 1 aliphatic carbocycles. The molecule has 2 amide bonds. The van der Waals surface area contributed by atoms with E-state index in [0.29, 0.717) is 18.0 Å². The molecule has 0 heterocycles. The van der Waals surface area contributed by atoms with Crippen molar-refractivity contribution in [2.24, 2.45) is 5.92 Å². The highest BCUT2D eigenvalue weighted by Gasteiger charge is 2.31. The van der Waals surface area contributed by atoms with Crippen LogP contribution in [0.15, 0.2) is 18.2 Å². The van der Waals surface area contributed by atoms with Crippen LogP contribution in [0.25, 0.3) is 0 Å². The molecule has 5 heteroatoms. The summed E-state index contributed by atoms with van der Waals surface area (Å²) in [6.45, 7) is 4.13. The number of aliphatic hydroxyl groups is 1. The molecule has 0 radical (unpaired) electrons. The van der Waals surface area contributed by atoms with Crippen LogP contribution in [0.2, 0.25) is 0 Å². The summed E-state index contributed by atoms with van der Waals surface area (Å²) in [7, 11) is 1.65. The predicted molar refractivity (Wildman–Crippen MR) is 84.6 cm³/mol. The number of amides is 2. The number of hydrogen-bond acceptors (Lipinski definition) is 3. The van der Waals surface area contributed by atoms with Crippen molar-refractivity contribution in [3.8, 4) is 0 Å². The molecule has 0 saturated heterocycles. The van der Waals surface area contributed by atoms with Crippen molar-refractivity contribution in [3.63, 3.8) is 0 Å². The first-order valence-corrected chi connectivity index (χ1v) is 7.65. The third-order valence-corrected chi connectivity index (χ3v) is 3.94. The van der Waals surface area contributed by atoms with Crippen LogP contribution in [-0.4, -0.2) is 48.1 Å². The van der Waals surface area contributed by atoms with E-state index in [4.69, 9.17) is 0 Å². The van der Waals surface area contributed by atoms with Gasteiger partial charge in [0.1, 0.15) is 0 Å². The maximum absolute atomic E-state index is 12.1. The van der Waals surface area contributed by atoms with Gasteiger partial charge in [-0.3, -0.25) is 9.59 Å². The summed E-state index contributed by atoms with van der Waals surface area (Å²) < 4.78 is 0. The standard InChI is InChI=1S/C17H24N2O3/c1-11-6-12(2)8-14(7-11)17(22)18-9-16(21)19(3)10-15(20)13-4-5-13/h6-8,13,15,20H,4-5,9-10H2,1-3H3,(H,18,22). The van der Waals surface area contributed by atoms with Crippen molar-refractivity contribution in [1.82, 2.24) is 10.2 Å². The van der Waals surface area contributed by atoms with Gasteiger partial charge in [-0.15, -0.1) is 0 Å². The van der Waals surface area contributed by atoms with E-state index >= 15 is 0 Å². The Morgan fingerprint density at radius 1 is 1.27 bits per heavy atom. The lowest BCUT2D eigenvalue weighted by Gasteiger charge is -2.21. The van der Waals surface area contributed by atoms with Gasteiger partial charge in [-0.2, -0.15) is 0 Å². The molecule has 1 unspecified atom stereocenters. The Kier molecular flexibility index (Phi) is 5.19. The first-order chi connectivity index (χ1) is 10.4. The molecular weight excluding hydrogens is 280 g/mol. The van der Waals surface area contributed by atoms with Gasteiger partial charge in [0.05, 0.1) is 12.6 Å². The van der Waals surface area contributed by atoms with Crippen molar-refractivity contribution in [2.45, 2.75) is 32.8 Å². The first-order valence-electron chi connectivity index (χ1n) is 7.65. The van der Waals surface area contributed by atoms with Gasteiger partial charge in [0, 0.05) is 19.2 Å². The third kappa shape index (κ3) is 4.56. The second-order valence-electron chi connectivity index (χ2n) is 6.24. The van der Waals surface area contributed by atoms with Gasteiger partial charge < -0.3 is 15.3 Å². The Labute approximate surface area is 131 Å². The van der Waals surface area contributed by atoms with Crippen LogP contribution < -0.4 is 5.32 Å². The van der Waals surface area contributed by atoms with E-state index < -0.39 is 6.10 Å².